The van der Waals surface area contributed by atoms with E-state index in [1.165, 1.54) is 25.3 Å². The van der Waals surface area contributed by atoms with Crippen LogP contribution in [0.5, 0.6) is 5.75 Å². The Bertz CT molecular complexity index is 714. The molecular weight excluding hydrogens is 269 g/mol. The Morgan fingerprint density at radius 1 is 1.16 bits per heavy atom. The molecule has 19 heavy (non-hydrogen) atoms. The number of rotatable bonds is 3. The number of nitrogens with two attached hydrogens (primary N) is 1. The zero-order valence-corrected chi connectivity index (χ0v) is 10.9. The van der Waals surface area contributed by atoms with Gasteiger partial charge >= 0.3 is 0 Å². The molecule has 2 N–H and O–H groups in total. The number of sulfonamides is 1. The van der Waals surface area contributed by atoms with Crippen LogP contribution < -0.4 is 9.88 Å². The lowest BCUT2D eigenvalue weighted by molar-refractivity contribution is 0.386. The standard InChI is InChI=1S/C13H12FNO3S/c1-18-12-7-6-9(8-11(12)14)10-4-2-3-5-13(10)19(15,16)17/h2-8H,1H3,(H2,15,16,17). The first-order valence-corrected chi connectivity index (χ1v) is 6.94. The maximum absolute atomic E-state index is 13.7. The Labute approximate surface area is 110 Å². The zero-order valence-electron chi connectivity index (χ0n) is 10.1. The van der Waals surface area contributed by atoms with Crippen LogP contribution in [0.2, 0.25) is 0 Å². The fourth-order valence-electron chi connectivity index (χ4n) is 1.79. The highest BCUT2D eigenvalue weighted by Gasteiger charge is 2.15. The molecule has 0 saturated heterocycles. The fraction of sp³-hybridized carbons (Fsp3) is 0.0769. The number of halogens is 1. The van der Waals surface area contributed by atoms with E-state index in [2.05, 4.69) is 0 Å². The number of methoxy groups -OCH3 is 1. The van der Waals surface area contributed by atoms with Gasteiger partial charge in [-0.3, -0.25) is 0 Å². The lowest BCUT2D eigenvalue weighted by atomic mass is 10.1. The minimum absolute atomic E-state index is 0.0421. The van der Waals surface area contributed by atoms with Gasteiger partial charge in [-0.2, -0.15) is 0 Å². The van der Waals surface area contributed by atoms with Crippen molar-refractivity contribution in [3.8, 4) is 16.9 Å². The molecular formula is C13H12FNO3S. The maximum Gasteiger partial charge on any atom is 0.238 e. The van der Waals surface area contributed by atoms with E-state index in [-0.39, 0.29) is 10.6 Å². The zero-order chi connectivity index (χ0) is 14.0. The highest BCUT2D eigenvalue weighted by molar-refractivity contribution is 7.89. The van der Waals surface area contributed by atoms with Crippen LogP contribution >= 0.6 is 0 Å². The third-order valence-corrected chi connectivity index (χ3v) is 3.63. The van der Waals surface area contributed by atoms with E-state index in [0.29, 0.717) is 11.1 Å². The topological polar surface area (TPSA) is 69.4 Å². The number of ether oxygens (including phenoxy) is 1. The Hall–Kier alpha value is -1.92. The van der Waals surface area contributed by atoms with Crippen molar-refractivity contribution in [3.63, 3.8) is 0 Å². The lowest BCUT2D eigenvalue weighted by Gasteiger charge is -2.09. The first-order valence-electron chi connectivity index (χ1n) is 5.39. The van der Waals surface area contributed by atoms with E-state index in [9.17, 15) is 12.8 Å². The first kappa shape index (κ1) is 13.5. The van der Waals surface area contributed by atoms with Gasteiger partial charge in [0.25, 0.3) is 0 Å². The summed E-state index contributed by atoms with van der Waals surface area (Å²) in [6.07, 6.45) is 0. The molecule has 0 aliphatic heterocycles. The summed E-state index contributed by atoms with van der Waals surface area (Å²) in [4.78, 5) is -0.0421. The molecule has 0 radical (unpaired) electrons. The molecule has 0 atom stereocenters. The van der Waals surface area contributed by atoms with Crippen molar-refractivity contribution in [2.75, 3.05) is 7.11 Å². The third-order valence-electron chi connectivity index (χ3n) is 2.66. The van der Waals surface area contributed by atoms with Crippen molar-refractivity contribution in [2.45, 2.75) is 4.90 Å². The predicted octanol–water partition coefficient (Wildman–Crippen LogP) is 2.15. The van der Waals surface area contributed by atoms with Gasteiger partial charge in [-0.25, -0.2) is 17.9 Å². The molecule has 4 nitrogen and oxygen atoms in total. The van der Waals surface area contributed by atoms with Gasteiger partial charge in [0.05, 0.1) is 12.0 Å². The average Bonchev–Trinajstić information content (AvgIpc) is 2.37. The molecule has 0 amide bonds. The van der Waals surface area contributed by atoms with Gasteiger partial charge in [-0.1, -0.05) is 24.3 Å². The van der Waals surface area contributed by atoms with E-state index < -0.39 is 15.8 Å². The maximum atomic E-state index is 13.7. The summed E-state index contributed by atoms with van der Waals surface area (Å²) in [6.45, 7) is 0. The third kappa shape index (κ3) is 2.74. The Balaban J connectivity index is 2.63. The second kappa shape index (κ2) is 4.99. The van der Waals surface area contributed by atoms with Crippen molar-refractivity contribution in [2.24, 2.45) is 5.14 Å². The van der Waals surface area contributed by atoms with Gasteiger partial charge in [-0.05, 0) is 23.8 Å². The van der Waals surface area contributed by atoms with E-state index in [1.807, 2.05) is 0 Å². The van der Waals surface area contributed by atoms with Crippen molar-refractivity contribution in [1.29, 1.82) is 0 Å². The van der Waals surface area contributed by atoms with Gasteiger partial charge in [0.2, 0.25) is 10.0 Å². The Kier molecular flexibility index (Phi) is 3.55. The van der Waals surface area contributed by atoms with E-state index in [1.54, 1.807) is 24.3 Å². The molecule has 0 fully saturated rings. The predicted molar refractivity (Wildman–Crippen MR) is 69.8 cm³/mol. The Morgan fingerprint density at radius 2 is 1.84 bits per heavy atom. The van der Waals surface area contributed by atoms with E-state index >= 15 is 0 Å². The molecule has 100 valence electrons. The quantitative estimate of drug-likeness (QED) is 0.937. The molecule has 6 heteroatoms. The van der Waals surface area contributed by atoms with Crippen LogP contribution in [0.3, 0.4) is 0 Å². The van der Waals surface area contributed by atoms with Crippen LogP contribution in [0.1, 0.15) is 0 Å². The highest BCUT2D eigenvalue weighted by Crippen LogP contribution is 2.29. The van der Waals surface area contributed by atoms with Crippen molar-refractivity contribution >= 4 is 10.0 Å². The molecule has 0 heterocycles. The lowest BCUT2D eigenvalue weighted by Crippen LogP contribution is -2.13. The van der Waals surface area contributed by atoms with Crippen LogP contribution in [0, 0.1) is 5.82 Å². The second-order valence-corrected chi connectivity index (χ2v) is 5.42. The summed E-state index contributed by atoms with van der Waals surface area (Å²) in [7, 11) is -2.51. The van der Waals surface area contributed by atoms with Crippen molar-refractivity contribution in [1.82, 2.24) is 0 Å². The molecule has 0 aromatic heterocycles. The molecule has 0 spiro atoms. The van der Waals surface area contributed by atoms with Crippen LogP contribution in [-0.4, -0.2) is 15.5 Å². The average molecular weight is 281 g/mol. The molecule has 2 rings (SSSR count). The second-order valence-electron chi connectivity index (χ2n) is 3.89. The summed E-state index contributed by atoms with van der Waals surface area (Å²) in [5, 5.41) is 5.14. The van der Waals surface area contributed by atoms with Crippen LogP contribution in [0.15, 0.2) is 47.4 Å². The molecule has 2 aromatic rings. The normalized spacial score (nSPS) is 11.3. The smallest absolute Gasteiger partial charge is 0.238 e. The van der Waals surface area contributed by atoms with Crippen molar-refractivity contribution < 1.29 is 17.5 Å². The fourth-order valence-corrected chi connectivity index (χ4v) is 2.55. The molecule has 0 saturated carbocycles. The van der Waals surface area contributed by atoms with Gasteiger partial charge in [0.1, 0.15) is 0 Å². The summed E-state index contributed by atoms with van der Waals surface area (Å²) >= 11 is 0. The first-order chi connectivity index (χ1) is 8.93. The van der Waals surface area contributed by atoms with Gasteiger partial charge in [-0.15, -0.1) is 0 Å². The molecule has 0 aliphatic carbocycles. The molecule has 2 aromatic carbocycles. The van der Waals surface area contributed by atoms with Crippen molar-refractivity contribution in [3.05, 3.63) is 48.3 Å². The summed E-state index contributed by atoms with van der Waals surface area (Å²) < 4.78 is 41.5. The molecule has 0 aliphatic rings. The minimum Gasteiger partial charge on any atom is -0.494 e. The molecule has 0 unspecified atom stereocenters. The molecule has 0 bridgehead atoms. The summed E-state index contributed by atoms with van der Waals surface area (Å²) in [5.41, 5.74) is 0.773. The largest absolute Gasteiger partial charge is 0.494 e. The Morgan fingerprint density at radius 3 is 2.42 bits per heavy atom. The number of hydrogen-bond acceptors (Lipinski definition) is 3. The number of hydrogen-bond donors (Lipinski definition) is 1. The van der Waals surface area contributed by atoms with Crippen LogP contribution in [-0.2, 0) is 10.0 Å². The van der Waals surface area contributed by atoms with Gasteiger partial charge in [0, 0.05) is 5.56 Å². The SMILES string of the molecule is COc1ccc(-c2ccccc2S(N)(=O)=O)cc1F. The highest BCUT2D eigenvalue weighted by atomic mass is 32.2. The van der Waals surface area contributed by atoms with Gasteiger partial charge < -0.3 is 4.74 Å². The van der Waals surface area contributed by atoms with Gasteiger partial charge in [0.15, 0.2) is 11.6 Å². The van der Waals surface area contributed by atoms with E-state index in [0.717, 1.165) is 0 Å². The van der Waals surface area contributed by atoms with Crippen LogP contribution in [0.4, 0.5) is 4.39 Å². The number of primary sulfonamides is 1. The summed E-state index contributed by atoms with van der Waals surface area (Å²) in [6, 6.07) is 10.4. The summed E-state index contributed by atoms with van der Waals surface area (Å²) in [5.74, 6) is -0.471. The monoisotopic (exact) mass is 281 g/mol. The minimum atomic E-state index is -3.86. The van der Waals surface area contributed by atoms with Crippen LogP contribution in [0.25, 0.3) is 11.1 Å². The number of benzene rings is 2. The van der Waals surface area contributed by atoms with E-state index in [4.69, 9.17) is 9.88 Å².